The van der Waals surface area contributed by atoms with Crippen molar-refractivity contribution in [1.82, 2.24) is 15.2 Å². The van der Waals surface area contributed by atoms with Gasteiger partial charge in [-0.25, -0.2) is 0 Å². The van der Waals surface area contributed by atoms with Crippen LogP contribution in [0.2, 0.25) is 0 Å². The van der Waals surface area contributed by atoms with Crippen molar-refractivity contribution in [2.75, 3.05) is 32.9 Å². The minimum absolute atomic E-state index is 0.0664. The summed E-state index contributed by atoms with van der Waals surface area (Å²) < 4.78 is 11.1. The predicted molar refractivity (Wildman–Crippen MR) is 135 cm³/mol. The standard InChI is InChI=1S/C28H39N3O3/c1-3-34-25-12-9-23(10-13-25)26-14-11-24(30-27(26)20-31-15-17-33-18-16-31)19-28(32)29-21(2)22-7-5-4-6-8-22/h9-14,21-22H,3-8,15-20H2,1-2H3,(H,29,32)/t21-/m1/s1. The number of rotatable bonds is 9. The zero-order valence-corrected chi connectivity index (χ0v) is 20.7. The van der Waals surface area contributed by atoms with E-state index in [0.717, 1.165) is 61.1 Å². The third-order valence-electron chi connectivity index (χ3n) is 7.07. The van der Waals surface area contributed by atoms with Crippen LogP contribution in [-0.2, 0) is 22.5 Å². The molecule has 1 N–H and O–H groups in total. The molecule has 0 spiro atoms. The number of carbonyl (C=O) groups excluding carboxylic acids is 1. The van der Waals surface area contributed by atoms with Crippen LogP contribution in [0.3, 0.4) is 0 Å². The van der Waals surface area contributed by atoms with Gasteiger partial charge >= 0.3 is 0 Å². The molecule has 1 aliphatic heterocycles. The van der Waals surface area contributed by atoms with E-state index in [1.165, 1.54) is 32.1 Å². The molecule has 1 saturated carbocycles. The van der Waals surface area contributed by atoms with Crippen molar-refractivity contribution in [2.24, 2.45) is 5.92 Å². The Morgan fingerprint density at radius 2 is 1.85 bits per heavy atom. The highest BCUT2D eigenvalue weighted by Crippen LogP contribution is 2.28. The van der Waals surface area contributed by atoms with E-state index in [9.17, 15) is 4.79 Å². The van der Waals surface area contributed by atoms with Crippen LogP contribution in [0.25, 0.3) is 11.1 Å². The summed E-state index contributed by atoms with van der Waals surface area (Å²) in [6.07, 6.45) is 6.65. The molecule has 1 atom stereocenters. The van der Waals surface area contributed by atoms with E-state index < -0.39 is 0 Å². The first-order chi connectivity index (χ1) is 16.6. The molecule has 6 heteroatoms. The fourth-order valence-electron chi connectivity index (χ4n) is 5.12. The van der Waals surface area contributed by atoms with Crippen LogP contribution in [0.4, 0.5) is 0 Å². The molecular weight excluding hydrogens is 426 g/mol. The van der Waals surface area contributed by atoms with Gasteiger partial charge in [-0.2, -0.15) is 0 Å². The van der Waals surface area contributed by atoms with Gasteiger partial charge < -0.3 is 14.8 Å². The topological polar surface area (TPSA) is 63.7 Å². The highest BCUT2D eigenvalue weighted by Gasteiger charge is 2.22. The number of nitrogens with zero attached hydrogens (tertiary/aromatic N) is 2. The number of hydrogen-bond donors (Lipinski definition) is 1. The summed E-state index contributed by atoms with van der Waals surface area (Å²) in [6.45, 7) is 8.84. The maximum Gasteiger partial charge on any atom is 0.226 e. The van der Waals surface area contributed by atoms with Gasteiger partial charge in [0.2, 0.25) is 5.91 Å². The average Bonchev–Trinajstić information content (AvgIpc) is 2.86. The lowest BCUT2D eigenvalue weighted by molar-refractivity contribution is -0.121. The second-order valence-electron chi connectivity index (χ2n) is 9.57. The first kappa shape index (κ1) is 24.7. The Morgan fingerprint density at radius 1 is 1.12 bits per heavy atom. The molecule has 1 aromatic carbocycles. The number of ether oxygens (including phenoxy) is 2. The smallest absolute Gasteiger partial charge is 0.226 e. The first-order valence-corrected chi connectivity index (χ1v) is 12.9. The van der Waals surface area contributed by atoms with Crippen molar-refractivity contribution in [3.63, 3.8) is 0 Å². The van der Waals surface area contributed by atoms with Crippen LogP contribution in [0, 0.1) is 5.92 Å². The maximum atomic E-state index is 12.8. The summed E-state index contributed by atoms with van der Waals surface area (Å²) in [5.41, 5.74) is 4.05. The van der Waals surface area contributed by atoms with E-state index in [1.807, 2.05) is 25.1 Å². The molecule has 184 valence electrons. The second kappa shape index (κ2) is 12.3. The molecule has 2 aromatic rings. The quantitative estimate of drug-likeness (QED) is 0.586. The van der Waals surface area contributed by atoms with Gasteiger partial charge in [-0.3, -0.25) is 14.7 Å². The van der Waals surface area contributed by atoms with Gasteiger partial charge in [0.1, 0.15) is 5.75 Å². The molecular formula is C28H39N3O3. The van der Waals surface area contributed by atoms with E-state index in [2.05, 4.69) is 35.3 Å². The Balaban J connectivity index is 1.49. The highest BCUT2D eigenvalue weighted by molar-refractivity contribution is 5.78. The van der Waals surface area contributed by atoms with Crippen LogP contribution in [0.1, 0.15) is 57.3 Å². The lowest BCUT2D eigenvalue weighted by atomic mass is 9.84. The Hall–Kier alpha value is -2.44. The molecule has 1 aliphatic carbocycles. The number of carbonyl (C=O) groups is 1. The Kier molecular flexibility index (Phi) is 8.94. The minimum Gasteiger partial charge on any atom is -0.494 e. The normalized spacial score (nSPS) is 18.4. The average molecular weight is 466 g/mol. The van der Waals surface area contributed by atoms with Gasteiger partial charge in [0, 0.05) is 31.2 Å². The van der Waals surface area contributed by atoms with Gasteiger partial charge in [0.15, 0.2) is 0 Å². The zero-order valence-electron chi connectivity index (χ0n) is 20.7. The number of benzene rings is 1. The number of pyridine rings is 1. The number of hydrogen-bond acceptors (Lipinski definition) is 5. The highest BCUT2D eigenvalue weighted by atomic mass is 16.5. The maximum absolute atomic E-state index is 12.8. The summed E-state index contributed by atoms with van der Waals surface area (Å²) in [5, 5.41) is 3.24. The Morgan fingerprint density at radius 3 is 2.56 bits per heavy atom. The fraction of sp³-hybridized carbons (Fsp3) is 0.571. The van der Waals surface area contributed by atoms with Crippen molar-refractivity contribution in [2.45, 2.75) is 65.0 Å². The summed E-state index contributed by atoms with van der Waals surface area (Å²) in [5.74, 6) is 1.54. The van der Waals surface area contributed by atoms with Gasteiger partial charge in [0.25, 0.3) is 0 Å². The molecule has 0 radical (unpaired) electrons. The van der Waals surface area contributed by atoms with Crippen LogP contribution in [0.15, 0.2) is 36.4 Å². The van der Waals surface area contributed by atoms with Gasteiger partial charge in [0.05, 0.1) is 37.6 Å². The van der Waals surface area contributed by atoms with E-state index in [-0.39, 0.29) is 11.9 Å². The molecule has 1 amide bonds. The third kappa shape index (κ3) is 6.80. The summed E-state index contributed by atoms with van der Waals surface area (Å²) in [4.78, 5) is 20.2. The molecule has 1 aromatic heterocycles. The van der Waals surface area contributed by atoms with E-state index in [0.29, 0.717) is 18.9 Å². The van der Waals surface area contributed by atoms with Gasteiger partial charge in [-0.05, 0) is 56.4 Å². The largest absolute Gasteiger partial charge is 0.494 e. The molecule has 34 heavy (non-hydrogen) atoms. The van der Waals surface area contributed by atoms with Gasteiger partial charge in [-0.1, -0.05) is 37.5 Å². The monoisotopic (exact) mass is 465 g/mol. The van der Waals surface area contributed by atoms with Crippen LogP contribution < -0.4 is 10.1 Å². The van der Waals surface area contributed by atoms with Crippen molar-refractivity contribution in [1.29, 1.82) is 0 Å². The number of nitrogens with one attached hydrogen (secondary N) is 1. The number of aromatic nitrogens is 1. The number of morpholine rings is 1. The van der Waals surface area contributed by atoms with Crippen molar-refractivity contribution in [3.8, 4) is 16.9 Å². The van der Waals surface area contributed by atoms with E-state index in [4.69, 9.17) is 14.5 Å². The lowest BCUT2D eigenvalue weighted by Gasteiger charge is -2.28. The van der Waals surface area contributed by atoms with Crippen LogP contribution in [-0.4, -0.2) is 54.7 Å². The first-order valence-electron chi connectivity index (χ1n) is 12.9. The van der Waals surface area contributed by atoms with Crippen molar-refractivity contribution in [3.05, 3.63) is 47.8 Å². The molecule has 0 bridgehead atoms. The Labute approximate surface area is 204 Å². The molecule has 2 heterocycles. The van der Waals surface area contributed by atoms with Crippen molar-refractivity contribution < 1.29 is 14.3 Å². The molecule has 2 fully saturated rings. The SMILES string of the molecule is CCOc1ccc(-c2ccc(CC(=O)N[C@H](C)C3CCCCC3)nc2CN2CCOCC2)cc1. The third-order valence-corrected chi connectivity index (χ3v) is 7.07. The second-order valence-corrected chi connectivity index (χ2v) is 9.57. The Bertz CT molecular complexity index is 919. The zero-order chi connectivity index (χ0) is 23.8. The van der Waals surface area contributed by atoms with E-state index in [1.54, 1.807) is 0 Å². The lowest BCUT2D eigenvalue weighted by Crippen LogP contribution is -2.39. The minimum atomic E-state index is 0.0664. The summed E-state index contributed by atoms with van der Waals surface area (Å²) in [7, 11) is 0. The molecule has 2 aliphatic rings. The van der Waals surface area contributed by atoms with Gasteiger partial charge in [-0.15, -0.1) is 0 Å². The van der Waals surface area contributed by atoms with Crippen LogP contribution in [0.5, 0.6) is 5.75 Å². The molecule has 4 rings (SSSR count). The van der Waals surface area contributed by atoms with E-state index >= 15 is 0 Å². The summed E-state index contributed by atoms with van der Waals surface area (Å²) in [6, 6.07) is 12.5. The fourth-order valence-corrected chi connectivity index (χ4v) is 5.12. The molecule has 1 saturated heterocycles. The predicted octanol–water partition coefficient (Wildman–Crippen LogP) is 4.61. The summed E-state index contributed by atoms with van der Waals surface area (Å²) >= 11 is 0. The van der Waals surface area contributed by atoms with Crippen LogP contribution >= 0.6 is 0 Å². The molecule has 0 unspecified atom stereocenters. The molecule has 6 nitrogen and oxygen atoms in total. The van der Waals surface area contributed by atoms with Crippen molar-refractivity contribution >= 4 is 5.91 Å². The number of amides is 1.